The zero-order valence-electron chi connectivity index (χ0n) is 19.8. The van der Waals surface area contributed by atoms with E-state index >= 15 is 0 Å². The van der Waals surface area contributed by atoms with E-state index in [0.717, 1.165) is 11.1 Å². The van der Waals surface area contributed by atoms with E-state index in [-0.39, 0.29) is 5.70 Å². The van der Waals surface area contributed by atoms with E-state index in [1.165, 1.54) is 53.4 Å². The van der Waals surface area contributed by atoms with Gasteiger partial charge in [-0.15, -0.1) is 0 Å². The first-order valence-corrected chi connectivity index (χ1v) is 12.3. The van der Waals surface area contributed by atoms with Crippen LogP contribution >= 0.6 is 11.6 Å². The molecule has 0 saturated heterocycles. The molecule has 38 heavy (non-hydrogen) atoms. The second kappa shape index (κ2) is 9.39. The Hall–Kier alpha value is -4.55. The van der Waals surface area contributed by atoms with Gasteiger partial charge >= 0.3 is 0 Å². The Balaban J connectivity index is 1.60. The van der Waals surface area contributed by atoms with Crippen LogP contribution in [0.3, 0.4) is 0 Å². The molecule has 0 aromatic heterocycles. The molecule has 186 valence electrons. The van der Waals surface area contributed by atoms with Gasteiger partial charge in [0.25, 0.3) is 11.8 Å². The third-order valence-electron chi connectivity index (χ3n) is 6.64. The van der Waals surface area contributed by atoms with Crippen LogP contribution in [0.15, 0.2) is 120 Å². The fourth-order valence-electron chi connectivity index (χ4n) is 4.95. The van der Waals surface area contributed by atoms with Crippen molar-refractivity contribution in [3.05, 3.63) is 148 Å². The molecule has 2 aliphatic heterocycles. The number of halogens is 3. The van der Waals surface area contributed by atoms with Crippen molar-refractivity contribution < 1.29 is 18.4 Å². The van der Waals surface area contributed by atoms with Crippen molar-refractivity contribution in [3.63, 3.8) is 0 Å². The Morgan fingerprint density at radius 3 is 1.87 bits per heavy atom. The zero-order chi connectivity index (χ0) is 26.4. The average Bonchev–Trinajstić information content (AvgIpc) is 3.38. The molecule has 2 amide bonds. The maximum absolute atomic E-state index is 14.2. The second-order valence-electron chi connectivity index (χ2n) is 8.95. The second-order valence-corrected chi connectivity index (χ2v) is 9.39. The van der Waals surface area contributed by atoms with Crippen molar-refractivity contribution >= 4 is 40.9 Å². The number of anilines is 2. The van der Waals surface area contributed by atoms with Crippen molar-refractivity contribution in [2.75, 3.05) is 9.80 Å². The van der Waals surface area contributed by atoms with Crippen LogP contribution in [-0.2, 0) is 9.59 Å². The summed E-state index contributed by atoms with van der Waals surface area (Å²) in [6, 6.07) is 26.8. The van der Waals surface area contributed by atoms with E-state index in [1.54, 1.807) is 35.2 Å². The molecular formula is C31H19ClF2N2O2. The van der Waals surface area contributed by atoms with Gasteiger partial charge in [0.15, 0.2) is 0 Å². The number of carbonyl (C=O) groups is 2. The Labute approximate surface area is 222 Å². The molecule has 0 fully saturated rings. The highest BCUT2D eigenvalue weighted by Crippen LogP contribution is 2.50. The van der Waals surface area contributed by atoms with Gasteiger partial charge in [0.2, 0.25) is 0 Å². The summed E-state index contributed by atoms with van der Waals surface area (Å²) < 4.78 is 27.6. The van der Waals surface area contributed by atoms with Gasteiger partial charge < -0.3 is 0 Å². The average molecular weight is 525 g/mol. The largest absolute Gasteiger partial charge is 0.295 e. The zero-order valence-corrected chi connectivity index (χ0v) is 20.6. The van der Waals surface area contributed by atoms with Crippen molar-refractivity contribution in [2.45, 2.75) is 6.04 Å². The van der Waals surface area contributed by atoms with Crippen LogP contribution in [0.25, 0.3) is 6.08 Å². The van der Waals surface area contributed by atoms with Crippen LogP contribution < -0.4 is 9.80 Å². The molecule has 0 saturated carbocycles. The summed E-state index contributed by atoms with van der Waals surface area (Å²) >= 11 is 6.07. The van der Waals surface area contributed by atoms with Gasteiger partial charge in [-0.3, -0.25) is 19.4 Å². The maximum Gasteiger partial charge on any atom is 0.276 e. The smallest absolute Gasteiger partial charge is 0.276 e. The summed E-state index contributed by atoms with van der Waals surface area (Å²) in [5.41, 5.74) is 3.39. The highest BCUT2D eigenvalue weighted by molar-refractivity contribution is 6.31. The third-order valence-corrected chi connectivity index (χ3v) is 6.89. The molecule has 0 unspecified atom stereocenters. The van der Waals surface area contributed by atoms with Gasteiger partial charge in [-0.2, -0.15) is 0 Å². The molecule has 4 aromatic carbocycles. The molecule has 1 atom stereocenters. The first kappa shape index (κ1) is 23.8. The molecule has 0 aliphatic carbocycles. The van der Waals surface area contributed by atoms with E-state index in [9.17, 15) is 18.4 Å². The molecule has 0 N–H and O–H groups in total. The van der Waals surface area contributed by atoms with Crippen LogP contribution in [0.2, 0.25) is 5.02 Å². The van der Waals surface area contributed by atoms with Gasteiger partial charge in [0.1, 0.15) is 17.3 Å². The lowest BCUT2D eigenvalue weighted by Crippen LogP contribution is -2.38. The van der Waals surface area contributed by atoms with Crippen molar-refractivity contribution in [1.82, 2.24) is 0 Å². The minimum atomic E-state index is -0.655. The lowest BCUT2D eigenvalue weighted by molar-refractivity contribution is -0.118. The van der Waals surface area contributed by atoms with Crippen molar-refractivity contribution in [2.24, 2.45) is 0 Å². The fourth-order valence-corrected chi connectivity index (χ4v) is 5.08. The fraction of sp³-hybridized carbons (Fsp3) is 0.0323. The molecule has 0 radical (unpaired) electrons. The molecule has 2 heterocycles. The molecule has 7 heteroatoms. The number of hydrogen-bond acceptors (Lipinski definition) is 2. The van der Waals surface area contributed by atoms with Gasteiger partial charge in [0, 0.05) is 27.5 Å². The Kier molecular flexibility index (Phi) is 5.89. The first-order chi connectivity index (χ1) is 18.4. The predicted octanol–water partition coefficient (Wildman–Crippen LogP) is 7.09. The maximum atomic E-state index is 14.2. The molecule has 0 spiro atoms. The number of carbonyl (C=O) groups excluding carboxylic acids is 2. The van der Waals surface area contributed by atoms with Crippen LogP contribution in [0.4, 0.5) is 20.2 Å². The topological polar surface area (TPSA) is 40.6 Å². The van der Waals surface area contributed by atoms with Crippen molar-refractivity contribution in [3.8, 4) is 0 Å². The van der Waals surface area contributed by atoms with Crippen LogP contribution in [0.1, 0.15) is 17.2 Å². The highest BCUT2D eigenvalue weighted by Gasteiger charge is 2.52. The van der Waals surface area contributed by atoms with Gasteiger partial charge in [-0.1, -0.05) is 54.1 Å². The summed E-state index contributed by atoms with van der Waals surface area (Å²) in [6.07, 6.45) is 1.73. The van der Waals surface area contributed by atoms with Crippen LogP contribution in [0.5, 0.6) is 0 Å². The summed E-state index contributed by atoms with van der Waals surface area (Å²) in [6.45, 7) is 0. The molecule has 0 bridgehead atoms. The molecule has 6 rings (SSSR count). The summed E-state index contributed by atoms with van der Waals surface area (Å²) in [5.74, 6) is -1.70. The standard InChI is InChI=1S/C31H19ClF2N2O2/c32-21-8-6-19(7-9-21)18-26-27-28(20-4-2-1-3-5-20)35(24-14-10-22(33)11-15-24)31(38)29(27)36(30(26)37)25-16-12-23(34)13-17-25/h1-18,28H/b26-18-/t28-/m0/s1. The summed E-state index contributed by atoms with van der Waals surface area (Å²) in [4.78, 5) is 31.0. The van der Waals surface area contributed by atoms with Crippen molar-refractivity contribution in [1.29, 1.82) is 0 Å². The normalized spacial score (nSPS) is 18.1. The Bertz CT molecular complexity index is 1610. The van der Waals surface area contributed by atoms with Crippen LogP contribution in [-0.4, -0.2) is 11.8 Å². The summed E-state index contributed by atoms with van der Waals surface area (Å²) in [7, 11) is 0. The van der Waals surface area contributed by atoms with Gasteiger partial charge in [0.05, 0.1) is 6.04 Å². The monoisotopic (exact) mass is 524 g/mol. The van der Waals surface area contributed by atoms with Gasteiger partial charge in [-0.25, -0.2) is 8.78 Å². The number of rotatable bonds is 4. The quantitative estimate of drug-likeness (QED) is 0.267. The van der Waals surface area contributed by atoms with E-state index in [1.807, 2.05) is 30.3 Å². The molecule has 4 aromatic rings. The SMILES string of the molecule is O=C1/C(=C\c2ccc(Cl)cc2)C2=C(C(=O)N(c3ccc(F)cc3)[C@H]2c2ccccc2)N1c1ccc(F)cc1. The number of amides is 2. The van der Waals surface area contributed by atoms with E-state index in [2.05, 4.69) is 0 Å². The summed E-state index contributed by atoms with van der Waals surface area (Å²) in [5, 5.41) is 0.554. The minimum Gasteiger partial charge on any atom is -0.295 e. The molecule has 2 aliphatic rings. The van der Waals surface area contributed by atoms with Gasteiger partial charge in [-0.05, 0) is 77.9 Å². The highest BCUT2D eigenvalue weighted by atomic mass is 35.5. The minimum absolute atomic E-state index is 0.181. The lowest BCUT2D eigenvalue weighted by atomic mass is 9.93. The lowest BCUT2D eigenvalue weighted by Gasteiger charge is -2.30. The first-order valence-electron chi connectivity index (χ1n) is 11.9. The van der Waals surface area contributed by atoms with E-state index in [4.69, 9.17) is 11.6 Å². The number of benzene rings is 4. The van der Waals surface area contributed by atoms with E-state index < -0.39 is 29.5 Å². The molecular weight excluding hydrogens is 506 g/mol. The van der Waals surface area contributed by atoms with Crippen LogP contribution in [0, 0.1) is 11.6 Å². The number of nitrogens with zero attached hydrogens (tertiary/aromatic N) is 2. The Morgan fingerprint density at radius 2 is 1.26 bits per heavy atom. The van der Waals surface area contributed by atoms with E-state index in [0.29, 0.717) is 27.5 Å². The predicted molar refractivity (Wildman–Crippen MR) is 143 cm³/mol. The molecule has 4 nitrogen and oxygen atoms in total. The third kappa shape index (κ3) is 3.99. The Morgan fingerprint density at radius 1 is 0.684 bits per heavy atom. The number of hydrogen-bond donors (Lipinski definition) is 0.